The first kappa shape index (κ1) is 24.9. The molecule has 1 unspecified atom stereocenters. The molecule has 0 aliphatic carbocycles. The van der Waals surface area contributed by atoms with Gasteiger partial charge in [0.1, 0.15) is 6.10 Å². The van der Waals surface area contributed by atoms with E-state index in [0.717, 1.165) is 14.2 Å². The van der Waals surface area contributed by atoms with Crippen LogP contribution in [0.1, 0.15) is 17.2 Å². The van der Waals surface area contributed by atoms with Crippen molar-refractivity contribution in [2.24, 2.45) is 0 Å². The van der Waals surface area contributed by atoms with Gasteiger partial charge in [-0.15, -0.1) is 0 Å². The molecule has 0 fully saturated rings. The van der Waals surface area contributed by atoms with Gasteiger partial charge in [-0.1, -0.05) is 30.8 Å². The van der Waals surface area contributed by atoms with Crippen LogP contribution >= 0.6 is 0 Å². The van der Waals surface area contributed by atoms with Crippen molar-refractivity contribution in [2.75, 3.05) is 20.8 Å². The number of nitrogens with zero attached hydrogens (tertiary/aromatic N) is 2. The Morgan fingerprint density at radius 1 is 0.939 bits per heavy atom. The van der Waals surface area contributed by atoms with Crippen LogP contribution in [0.5, 0.6) is 0 Å². The molecule has 0 N–H and O–H groups in total. The lowest BCUT2D eigenvalue weighted by molar-refractivity contribution is -0.386. The molecule has 0 saturated heterocycles. The van der Waals surface area contributed by atoms with Crippen LogP contribution < -0.4 is 0 Å². The van der Waals surface area contributed by atoms with Gasteiger partial charge in [0.25, 0.3) is 11.4 Å². The smallest absolute Gasteiger partial charge is 0.336 e. The van der Waals surface area contributed by atoms with Gasteiger partial charge in [0.2, 0.25) is 0 Å². The number of esters is 2. The third kappa shape index (κ3) is 6.08. The number of nitro benzene ring substituents is 2. The summed E-state index contributed by atoms with van der Waals surface area (Å²) < 4.78 is 15.1. The van der Waals surface area contributed by atoms with Gasteiger partial charge in [-0.25, -0.2) is 9.59 Å². The van der Waals surface area contributed by atoms with Gasteiger partial charge in [0.05, 0.1) is 52.9 Å². The van der Waals surface area contributed by atoms with Crippen molar-refractivity contribution in [2.45, 2.75) is 6.10 Å². The van der Waals surface area contributed by atoms with Gasteiger partial charge in [0, 0.05) is 12.1 Å². The molecule has 0 amide bonds. The van der Waals surface area contributed by atoms with E-state index in [1.165, 1.54) is 48.5 Å². The van der Waals surface area contributed by atoms with E-state index in [1.54, 1.807) is 6.07 Å². The SMILES string of the molecule is C=C(C(=O)OC)C(OC/C(=C\c1ccccc1[N+](=O)[O-])C(=O)OC)c1ccccc1[N+](=O)[O-]. The number of benzene rings is 2. The van der Waals surface area contributed by atoms with Gasteiger partial charge in [-0.05, 0) is 18.2 Å². The highest BCUT2D eigenvalue weighted by Crippen LogP contribution is 2.33. The third-order valence-corrected chi connectivity index (χ3v) is 4.50. The number of ether oxygens (including phenoxy) is 3. The van der Waals surface area contributed by atoms with E-state index < -0.39 is 34.5 Å². The van der Waals surface area contributed by atoms with Crippen molar-refractivity contribution < 1.29 is 33.6 Å². The van der Waals surface area contributed by atoms with Crippen LogP contribution in [0.15, 0.2) is 66.3 Å². The molecular formula is C22H20N2O9. The van der Waals surface area contributed by atoms with Gasteiger partial charge in [-0.2, -0.15) is 0 Å². The highest BCUT2D eigenvalue weighted by Gasteiger charge is 2.30. The summed E-state index contributed by atoms with van der Waals surface area (Å²) in [5.74, 6) is -1.72. The number of nitro groups is 2. The van der Waals surface area contributed by atoms with E-state index >= 15 is 0 Å². The Labute approximate surface area is 188 Å². The van der Waals surface area contributed by atoms with Crippen LogP contribution in [-0.2, 0) is 23.8 Å². The Morgan fingerprint density at radius 3 is 2.06 bits per heavy atom. The molecule has 0 aliphatic rings. The molecule has 2 aromatic carbocycles. The lowest BCUT2D eigenvalue weighted by Crippen LogP contribution is -2.19. The molecule has 0 saturated carbocycles. The maximum Gasteiger partial charge on any atom is 0.336 e. The maximum atomic E-state index is 12.3. The van der Waals surface area contributed by atoms with Gasteiger partial charge in [-0.3, -0.25) is 20.2 Å². The quantitative estimate of drug-likeness (QED) is 0.226. The van der Waals surface area contributed by atoms with Crippen molar-refractivity contribution in [1.29, 1.82) is 0 Å². The summed E-state index contributed by atoms with van der Waals surface area (Å²) in [6, 6.07) is 11.2. The summed E-state index contributed by atoms with van der Waals surface area (Å²) in [7, 11) is 2.22. The van der Waals surface area contributed by atoms with Crippen molar-refractivity contribution in [1.82, 2.24) is 0 Å². The lowest BCUT2D eigenvalue weighted by atomic mass is 10.0. The molecular weight excluding hydrogens is 436 g/mol. The fourth-order valence-corrected chi connectivity index (χ4v) is 2.92. The first-order valence-electron chi connectivity index (χ1n) is 9.35. The summed E-state index contributed by atoms with van der Waals surface area (Å²) in [6.07, 6.45) is -0.140. The summed E-state index contributed by atoms with van der Waals surface area (Å²) in [5, 5.41) is 22.8. The molecule has 0 bridgehead atoms. The lowest BCUT2D eigenvalue weighted by Gasteiger charge is -2.20. The number of carbonyl (C=O) groups excluding carboxylic acids is 2. The zero-order valence-electron chi connectivity index (χ0n) is 17.8. The van der Waals surface area contributed by atoms with Crippen LogP contribution in [-0.4, -0.2) is 42.6 Å². The number of hydrogen-bond acceptors (Lipinski definition) is 9. The van der Waals surface area contributed by atoms with Gasteiger partial charge < -0.3 is 14.2 Å². The fourth-order valence-electron chi connectivity index (χ4n) is 2.92. The minimum Gasteiger partial charge on any atom is -0.466 e. The molecule has 0 aliphatic heterocycles. The van der Waals surface area contributed by atoms with Gasteiger partial charge in [0.15, 0.2) is 0 Å². The average Bonchev–Trinajstić information content (AvgIpc) is 2.82. The van der Waals surface area contributed by atoms with E-state index in [9.17, 15) is 29.8 Å². The van der Waals surface area contributed by atoms with Crippen LogP contribution in [0.25, 0.3) is 6.08 Å². The van der Waals surface area contributed by atoms with Crippen molar-refractivity contribution in [3.63, 3.8) is 0 Å². The zero-order valence-corrected chi connectivity index (χ0v) is 17.8. The average molecular weight is 456 g/mol. The van der Waals surface area contributed by atoms with Crippen LogP contribution in [0, 0.1) is 20.2 Å². The molecule has 1 atom stereocenters. The maximum absolute atomic E-state index is 12.3. The first-order valence-corrected chi connectivity index (χ1v) is 9.35. The normalized spacial score (nSPS) is 11.9. The Bertz CT molecular complexity index is 1120. The summed E-state index contributed by atoms with van der Waals surface area (Å²) in [5.41, 5.74) is -0.855. The number of methoxy groups -OCH3 is 2. The molecule has 0 heterocycles. The van der Waals surface area contributed by atoms with Crippen molar-refractivity contribution >= 4 is 29.4 Å². The molecule has 2 rings (SSSR count). The molecule has 11 nitrogen and oxygen atoms in total. The van der Waals surface area contributed by atoms with E-state index in [4.69, 9.17) is 9.47 Å². The highest BCUT2D eigenvalue weighted by molar-refractivity contribution is 5.94. The van der Waals surface area contributed by atoms with E-state index in [1.807, 2.05) is 0 Å². The molecule has 0 radical (unpaired) electrons. The minimum absolute atomic E-state index is 0.00723. The predicted molar refractivity (Wildman–Crippen MR) is 116 cm³/mol. The zero-order chi connectivity index (χ0) is 24.5. The number of rotatable bonds is 10. The molecule has 172 valence electrons. The predicted octanol–water partition coefficient (Wildman–Crippen LogP) is 3.55. The van der Waals surface area contributed by atoms with E-state index in [0.29, 0.717) is 0 Å². The minimum atomic E-state index is -1.35. The summed E-state index contributed by atoms with van der Waals surface area (Å²) >= 11 is 0. The number of carbonyl (C=O) groups is 2. The number of hydrogen-bond donors (Lipinski definition) is 0. The second kappa shape index (κ2) is 11.3. The summed E-state index contributed by atoms with van der Waals surface area (Å²) in [6.45, 7) is 3.11. The topological polar surface area (TPSA) is 148 Å². The molecule has 11 heteroatoms. The third-order valence-electron chi connectivity index (χ3n) is 4.50. The van der Waals surface area contributed by atoms with E-state index in [-0.39, 0.29) is 33.6 Å². The Hall–Kier alpha value is -4.38. The summed E-state index contributed by atoms with van der Waals surface area (Å²) in [4.78, 5) is 45.9. The highest BCUT2D eigenvalue weighted by atomic mass is 16.6. The fraction of sp³-hybridized carbons (Fsp3) is 0.182. The molecule has 2 aromatic rings. The second-order valence-corrected chi connectivity index (χ2v) is 6.50. The van der Waals surface area contributed by atoms with Crippen LogP contribution in [0.2, 0.25) is 0 Å². The largest absolute Gasteiger partial charge is 0.466 e. The Morgan fingerprint density at radius 2 is 1.48 bits per heavy atom. The standard InChI is InChI=1S/C22H20N2O9/c1-14(21(25)31-2)20(17-9-5-7-11-19(17)24(29)30)33-13-16(22(26)32-3)12-15-8-4-6-10-18(15)23(27)28/h4-12,20H,1,13H2,2-3H3/b16-12+. The van der Waals surface area contributed by atoms with Crippen molar-refractivity contribution in [3.05, 3.63) is 97.6 Å². The van der Waals surface area contributed by atoms with Crippen molar-refractivity contribution in [3.8, 4) is 0 Å². The van der Waals surface area contributed by atoms with E-state index in [2.05, 4.69) is 11.3 Å². The first-order chi connectivity index (χ1) is 15.7. The molecule has 0 aromatic heterocycles. The van der Waals surface area contributed by atoms with Crippen LogP contribution in [0.4, 0.5) is 11.4 Å². The number of para-hydroxylation sites is 2. The monoisotopic (exact) mass is 456 g/mol. The molecule has 33 heavy (non-hydrogen) atoms. The Kier molecular flexibility index (Phi) is 8.52. The van der Waals surface area contributed by atoms with Gasteiger partial charge >= 0.3 is 11.9 Å². The van der Waals surface area contributed by atoms with Crippen LogP contribution in [0.3, 0.4) is 0 Å². The second-order valence-electron chi connectivity index (χ2n) is 6.50. The Balaban J connectivity index is 2.50. The molecule has 0 spiro atoms.